The first-order valence-electron chi connectivity index (χ1n) is 7.60. The predicted molar refractivity (Wildman–Crippen MR) is 77.9 cm³/mol. The summed E-state index contributed by atoms with van der Waals surface area (Å²) in [6.07, 6.45) is 6.07. The average Bonchev–Trinajstić information content (AvgIpc) is 2.43. The molecule has 0 bridgehead atoms. The maximum atomic E-state index is 11.7. The van der Waals surface area contributed by atoms with Crippen LogP contribution in [0.25, 0.3) is 0 Å². The molecule has 1 unspecified atom stereocenters. The summed E-state index contributed by atoms with van der Waals surface area (Å²) < 4.78 is 0. The van der Waals surface area contributed by atoms with Crippen LogP contribution >= 0.6 is 0 Å². The highest BCUT2D eigenvalue weighted by molar-refractivity contribution is 5.78. The molecular weight excluding hydrogens is 240 g/mol. The Morgan fingerprint density at radius 1 is 1.32 bits per heavy atom. The smallest absolute Gasteiger partial charge is 0.233 e. The fourth-order valence-electron chi connectivity index (χ4n) is 2.73. The highest BCUT2D eigenvalue weighted by Gasteiger charge is 2.34. The van der Waals surface area contributed by atoms with Crippen molar-refractivity contribution in [2.45, 2.75) is 58.4 Å². The molecule has 1 rings (SSSR count). The van der Waals surface area contributed by atoms with E-state index in [9.17, 15) is 9.90 Å². The topological polar surface area (TPSA) is 61.4 Å². The Bertz CT molecular complexity index is 275. The van der Waals surface area contributed by atoms with Crippen molar-refractivity contribution < 1.29 is 9.90 Å². The van der Waals surface area contributed by atoms with Crippen LogP contribution in [0.3, 0.4) is 0 Å². The maximum absolute atomic E-state index is 11.7. The van der Waals surface area contributed by atoms with Crippen molar-refractivity contribution in [3.8, 4) is 0 Å². The van der Waals surface area contributed by atoms with Crippen LogP contribution in [0.4, 0.5) is 0 Å². The van der Waals surface area contributed by atoms with E-state index in [4.69, 9.17) is 0 Å². The van der Waals surface area contributed by atoms with Gasteiger partial charge in [0.25, 0.3) is 0 Å². The van der Waals surface area contributed by atoms with Crippen molar-refractivity contribution in [2.24, 2.45) is 11.8 Å². The van der Waals surface area contributed by atoms with Crippen molar-refractivity contribution in [3.05, 3.63) is 0 Å². The lowest BCUT2D eigenvalue weighted by atomic mass is 9.76. The molecule has 0 saturated heterocycles. The van der Waals surface area contributed by atoms with Gasteiger partial charge in [0.2, 0.25) is 5.91 Å². The predicted octanol–water partition coefficient (Wildman–Crippen LogP) is 1.68. The highest BCUT2D eigenvalue weighted by Crippen LogP contribution is 2.32. The van der Waals surface area contributed by atoms with Gasteiger partial charge < -0.3 is 15.7 Å². The number of hydrogen-bond donors (Lipinski definition) is 3. The molecule has 1 fully saturated rings. The lowest BCUT2D eigenvalue weighted by Gasteiger charge is -2.39. The van der Waals surface area contributed by atoms with Crippen LogP contribution in [0, 0.1) is 11.8 Å². The minimum Gasteiger partial charge on any atom is -0.394 e. The summed E-state index contributed by atoms with van der Waals surface area (Å²) in [6.45, 7) is 7.29. The molecule has 0 radical (unpaired) electrons. The number of nitrogens with one attached hydrogen (secondary N) is 2. The van der Waals surface area contributed by atoms with Gasteiger partial charge in [0.05, 0.1) is 13.2 Å². The maximum Gasteiger partial charge on any atom is 0.233 e. The zero-order valence-corrected chi connectivity index (χ0v) is 12.7. The highest BCUT2D eigenvalue weighted by atomic mass is 16.3. The summed E-state index contributed by atoms with van der Waals surface area (Å²) in [5.74, 6) is 0.958. The van der Waals surface area contributed by atoms with E-state index in [1.165, 1.54) is 19.3 Å². The molecule has 1 aliphatic rings. The molecule has 0 aromatic rings. The van der Waals surface area contributed by atoms with Gasteiger partial charge >= 0.3 is 0 Å². The Balaban J connectivity index is 2.39. The molecule has 3 N–H and O–H groups in total. The third-order valence-corrected chi connectivity index (χ3v) is 4.19. The zero-order valence-electron chi connectivity index (χ0n) is 12.7. The average molecular weight is 270 g/mol. The summed E-state index contributed by atoms with van der Waals surface area (Å²) in [4.78, 5) is 11.7. The minimum atomic E-state index is -0.324. The molecular formula is C15H30N2O2. The molecule has 0 heterocycles. The first-order chi connectivity index (χ1) is 8.98. The van der Waals surface area contributed by atoms with Gasteiger partial charge in [0.1, 0.15) is 0 Å². The van der Waals surface area contributed by atoms with Gasteiger partial charge in [-0.25, -0.2) is 0 Å². The molecule has 0 aromatic heterocycles. The molecule has 0 aliphatic heterocycles. The van der Waals surface area contributed by atoms with E-state index in [1.807, 2.05) is 6.92 Å². The van der Waals surface area contributed by atoms with Crippen LogP contribution in [0.15, 0.2) is 0 Å². The summed E-state index contributed by atoms with van der Waals surface area (Å²) in [5, 5.41) is 15.8. The van der Waals surface area contributed by atoms with Crippen LogP contribution in [-0.2, 0) is 4.79 Å². The van der Waals surface area contributed by atoms with Gasteiger partial charge in [0, 0.05) is 12.1 Å². The Labute approximate surface area is 117 Å². The van der Waals surface area contributed by atoms with Crippen molar-refractivity contribution in [1.29, 1.82) is 0 Å². The molecule has 4 nitrogen and oxygen atoms in total. The summed E-state index contributed by atoms with van der Waals surface area (Å²) in [6, 6.07) is 0. The third kappa shape index (κ3) is 5.49. The number of rotatable bonds is 7. The minimum absolute atomic E-state index is 0.0178. The normalized spacial score (nSPS) is 20.3. The Hall–Kier alpha value is -0.610. The van der Waals surface area contributed by atoms with Crippen molar-refractivity contribution in [3.63, 3.8) is 0 Å². The van der Waals surface area contributed by atoms with Gasteiger partial charge in [-0.1, -0.05) is 33.1 Å². The van der Waals surface area contributed by atoms with Crippen molar-refractivity contribution in [1.82, 2.24) is 10.6 Å². The Morgan fingerprint density at radius 2 is 1.95 bits per heavy atom. The van der Waals surface area contributed by atoms with Crippen molar-refractivity contribution in [2.75, 3.05) is 19.7 Å². The van der Waals surface area contributed by atoms with Crippen molar-refractivity contribution >= 4 is 5.91 Å². The number of amides is 1. The van der Waals surface area contributed by atoms with E-state index in [-0.39, 0.29) is 18.1 Å². The standard InChI is InChI=1S/C15H30N2O2/c1-12(2)9-16-14(19)10-17-15(3,11-18)13-7-5-4-6-8-13/h12-13,17-18H,4-11H2,1-3H3,(H,16,19). The van der Waals surface area contributed by atoms with Gasteiger partial charge in [-0.15, -0.1) is 0 Å². The van der Waals surface area contributed by atoms with Gasteiger partial charge in [-0.3, -0.25) is 4.79 Å². The zero-order chi connectivity index (χ0) is 14.3. The second kappa shape index (κ2) is 7.85. The first-order valence-corrected chi connectivity index (χ1v) is 7.60. The van der Waals surface area contributed by atoms with E-state index in [1.54, 1.807) is 0 Å². The van der Waals surface area contributed by atoms with Crippen LogP contribution in [0.2, 0.25) is 0 Å². The third-order valence-electron chi connectivity index (χ3n) is 4.19. The summed E-state index contributed by atoms with van der Waals surface area (Å²) in [5.41, 5.74) is -0.324. The van der Waals surface area contributed by atoms with Crippen LogP contribution in [0.5, 0.6) is 0 Å². The number of aliphatic hydroxyl groups excluding tert-OH is 1. The van der Waals surface area contributed by atoms with Crippen LogP contribution in [0.1, 0.15) is 52.9 Å². The Morgan fingerprint density at radius 3 is 2.47 bits per heavy atom. The van der Waals surface area contributed by atoms with Crippen LogP contribution in [-0.4, -0.2) is 36.2 Å². The number of hydrogen-bond acceptors (Lipinski definition) is 3. The van der Waals surface area contributed by atoms with Gasteiger partial charge in [-0.05, 0) is 31.6 Å². The largest absolute Gasteiger partial charge is 0.394 e. The number of aliphatic hydroxyl groups is 1. The van der Waals surface area contributed by atoms with Gasteiger partial charge in [-0.2, -0.15) is 0 Å². The monoisotopic (exact) mass is 270 g/mol. The fraction of sp³-hybridized carbons (Fsp3) is 0.933. The molecule has 1 saturated carbocycles. The van der Waals surface area contributed by atoms with E-state index >= 15 is 0 Å². The summed E-state index contributed by atoms with van der Waals surface area (Å²) in [7, 11) is 0. The second-order valence-electron chi connectivity index (χ2n) is 6.46. The van der Waals surface area contributed by atoms with E-state index < -0.39 is 0 Å². The first kappa shape index (κ1) is 16.4. The molecule has 0 spiro atoms. The molecule has 19 heavy (non-hydrogen) atoms. The molecule has 1 amide bonds. The number of carbonyl (C=O) groups is 1. The molecule has 1 atom stereocenters. The van der Waals surface area contributed by atoms with E-state index in [0.717, 1.165) is 12.8 Å². The lowest BCUT2D eigenvalue weighted by molar-refractivity contribution is -0.121. The van der Waals surface area contributed by atoms with E-state index in [2.05, 4.69) is 24.5 Å². The second-order valence-corrected chi connectivity index (χ2v) is 6.46. The molecule has 0 aromatic carbocycles. The van der Waals surface area contributed by atoms with Crippen LogP contribution < -0.4 is 10.6 Å². The SMILES string of the molecule is CC(C)CNC(=O)CNC(C)(CO)C1CCCCC1. The molecule has 4 heteroatoms. The number of carbonyl (C=O) groups excluding carboxylic acids is 1. The van der Waals surface area contributed by atoms with E-state index in [0.29, 0.717) is 24.9 Å². The quantitative estimate of drug-likeness (QED) is 0.659. The Kier molecular flexibility index (Phi) is 6.80. The summed E-state index contributed by atoms with van der Waals surface area (Å²) >= 11 is 0. The molecule has 1 aliphatic carbocycles. The molecule has 112 valence electrons. The lowest BCUT2D eigenvalue weighted by Crippen LogP contribution is -2.55. The van der Waals surface area contributed by atoms with Gasteiger partial charge in [0.15, 0.2) is 0 Å². The fourth-order valence-corrected chi connectivity index (χ4v) is 2.73.